The highest BCUT2D eigenvalue weighted by molar-refractivity contribution is 6.09. The standard InChI is InChI=1S/C22H22N4O3/c1-22(16-7-3-2-4-8-16)20(28)26(21(29)25-22)14-19(27)23-12-11-15-13-24-18-10-6-5-9-17(15)18/h2-10,13,24H,11-12,14H2,1H3,(H,23,27)(H,25,29)/t22-/m1/s1. The van der Waals surface area contributed by atoms with E-state index in [4.69, 9.17) is 0 Å². The fourth-order valence-corrected chi connectivity index (χ4v) is 3.68. The molecular weight excluding hydrogens is 368 g/mol. The summed E-state index contributed by atoms with van der Waals surface area (Å²) in [6, 6.07) is 16.4. The number of imide groups is 1. The lowest BCUT2D eigenvalue weighted by Gasteiger charge is -2.22. The maximum absolute atomic E-state index is 12.8. The van der Waals surface area contributed by atoms with Gasteiger partial charge in [0.1, 0.15) is 12.1 Å². The Morgan fingerprint density at radius 1 is 1.07 bits per heavy atom. The zero-order chi connectivity index (χ0) is 20.4. The van der Waals surface area contributed by atoms with Crippen molar-refractivity contribution in [1.29, 1.82) is 0 Å². The summed E-state index contributed by atoms with van der Waals surface area (Å²) in [5.74, 6) is -0.800. The molecule has 4 amide bonds. The number of nitrogens with one attached hydrogen (secondary N) is 3. The molecule has 0 bridgehead atoms. The number of urea groups is 1. The summed E-state index contributed by atoms with van der Waals surface area (Å²) in [5.41, 5.74) is 1.67. The molecule has 3 aromatic rings. The van der Waals surface area contributed by atoms with Crippen LogP contribution in [0.15, 0.2) is 60.8 Å². The van der Waals surface area contributed by atoms with E-state index in [1.807, 2.05) is 36.5 Å². The van der Waals surface area contributed by atoms with Crippen molar-refractivity contribution in [1.82, 2.24) is 20.5 Å². The Labute approximate surface area is 168 Å². The SMILES string of the molecule is C[C@]1(c2ccccc2)NC(=O)N(CC(=O)NCCc2c[nH]c3ccccc23)C1=O. The van der Waals surface area contributed by atoms with E-state index in [9.17, 15) is 14.4 Å². The van der Waals surface area contributed by atoms with Gasteiger partial charge in [0.25, 0.3) is 5.91 Å². The van der Waals surface area contributed by atoms with Gasteiger partial charge in [0.05, 0.1) is 0 Å². The Bertz CT molecular complexity index is 1080. The highest BCUT2D eigenvalue weighted by Crippen LogP contribution is 2.28. The fraction of sp³-hybridized carbons (Fsp3) is 0.227. The Balaban J connectivity index is 1.36. The quantitative estimate of drug-likeness (QED) is 0.564. The first-order valence-electron chi connectivity index (χ1n) is 9.50. The second-order valence-electron chi connectivity index (χ2n) is 7.27. The van der Waals surface area contributed by atoms with Gasteiger partial charge >= 0.3 is 6.03 Å². The minimum Gasteiger partial charge on any atom is -0.361 e. The van der Waals surface area contributed by atoms with Gasteiger partial charge in [-0.25, -0.2) is 4.79 Å². The van der Waals surface area contributed by atoms with Crippen LogP contribution in [0.3, 0.4) is 0 Å². The number of hydrogen-bond donors (Lipinski definition) is 3. The fourth-order valence-electron chi connectivity index (χ4n) is 3.68. The summed E-state index contributed by atoms with van der Waals surface area (Å²) in [4.78, 5) is 41.7. The summed E-state index contributed by atoms with van der Waals surface area (Å²) in [7, 11) is 0. The number of benzene rings is 2. The maximum Gasteiger partial charge on any atom is 0.325 e. The van der Waals surface area contributed by atoms with Gasteiger partial charge in [0, 0.05) is 23.6 Å². The molecule has 1 atom stereocenters. The Morgan fingerprint density at radius 2 is 1.79 bits per heavy atom. The van der Waals surface area contributed by atoms with Crippen LogP contribution in [-0.2, 0) is 21.5 Å². The van der Waals surface area contributed by atoms with Crippen LogP contribution in [0, 0.1) is 0 Å². The van der Waals surface area contributed by atoms with Gasteiger partial charge in [-0.2, -0.15) is 0 Å². The predicted molar refractivity (Wildman–Crippen MR) is 109 cm³/mol. The summed E-state index contributed by atoms with van der Waals surface area (Å²) in [5, 5.41) is 6.62. The summed E-state index contributed by atoms with van der Waals surface area (Å²) in [6.45, 7) is 1.76. The molecule has 4 rings (SSSR count). The molecule has 0 unspecified atom stereocenters. The molecule has 0 spiro atoms. The van der Waals surface area contributed by atoms with Crippen molar-refractivity contribution >= 4 is 28.7 Å². The number of hydrogen-bond acceptors (Lipinski definition) is 3. The van der Waals surface area contributed by atoms with Crippen molar-refractivity contribution in [3.63, 3.8) is 0 Å². The molecule has 7 nitrogen and oxygen atoms in total. The second-order valence-corrected chi connectivity index (χ2v) is 7.27. The molecule has 0 saturated carbocycles. The van der Waals surface area contributed by atoms with E-state index in [0.29, 0.717) is 18.5 Å². The van der Waals surface area contributed by atoms with Crippen molar-refractivity contribution in [3.8, 4) is 0 Å². The monoisotopic (exact) mass is 390 g/mol. The Morgan fingerprint density at radius 3 is 2.59 bits per heavy atom. The lowest BCUT2D eigenvalue weighted by molar-refractivity contribution is -0.134. The lowest BCUT2D eigenvalue weighted by Crippen LogP contribution is -2.43. The third kappa shape index (κ3) is 3.47. The summed E-state index contributed by atoms with van der Waals surface area (Å²) >= 11 is 0. The largest absolute Gasteiger partial charge is 0.361 e. The third-order valence-corrected chi connectivity index (χ3v) is 5.32. The van der Waals surface area contributed by atoms with Crippen LogP contribution < -0.4 is 10.6 Å². The number of para-hydroxylation sites is 1. The summed E-state index contributed by atoms with van der Waals surface area (Å²) in [6.07, 6.45) is 2.58. The number of aromatic amines is 1. The molecule has 1 aliphatic heterocycles. The van der Waals surface area contributed by atoms with E-state index < -0.39 is 17.5 Å². The van der Waals surface area contributed by atoms with Crippen LogP contribution in [0.5, 0.6) is 0 Å². The van der Waals surface area contributed by atoms with Crippen molar-refractivity contribution in [2.24, 2.45) is 0 Å². The molecule has 0 radical (unpaired) electrons. The number of carbonyl (C=O) groups is 3. The van der Waals surface area contributed by atoms with Crippen LogP contribution in [0.2, 0.25) is 0 Å². The molecular formula is C22H22N4O3. The molecule has 1 aliphatic rings. The molecule has 29 heavy (non-hydrogen) atoms. The van der Waals surface area contributed by atoms with Gasteiger partial charge in [0.2, 0.25) is 5.91 Å². The van der Waals surface area contributed by atoms with E-state index in [1.165, 1.54) is 0 Å². The van der Waals surface area contributed by atoms with Crippen molar-refractivity contribution in [2.75, 3.05) is 13.1 Å². The number of fused-ring (bicyclic) bond motifs is 1. The molecule has 1 fully saturated rings. The number of amides is 4. The molecule has 7 heteroatoms. The zero-order valence-electron chi connectivity index (χ0n) is 16.1. The Kier molecular flexibility index (Phi) is 4.80. The van der Waals surface area contributed by atoms with E-state index in [2.05, 4.69) is 15.6 Å². The van der Waals surface area contributed by atoms with Crippen molar-refractivity contribution < 1.29 is 14.4 Å². The third-order valence-electron chi connectivity index (χ3n) is 5.32. The van der Waals surface area contributed by atoms with Crippen LogP contribution in [0.4, 0.5) is 4.79 Å². The predicted octanol–water partition coefficient (Wildman–Crippen LogP) is 2.29. The number of nitrogens with zero attached hydrogens (tertiary/aromatic N) is 1. The number of H-pyrrole nitrogens is 1. The molecule has 1 aromatic heterocycles. The Hall–Kier alpha value is -3.61. The molecule has 3 N–H and O–H groups in total. The average molecular weight is 390 g/mol. The molecule has 2 heterocycles. The van der Waals surface area contributed by atoms with Gasteiger partial charge in [-0.3, -0.25) is 14.5 Å². The topological polar surface area (TPSA) is 94.3 Å². The first kappa shape index (κ1) is 18.7. The second kappa shape index (κ2) is 7.43. The zero-order valence-corrected chi connectivity index (χ0v) is 16.1. The van der Waals surface area contributed by atoms with E-state index in [1.54, 1.807) is 31.2 Å². The highest BCUT2D eigenvalue weighted by atomic mass is 16.2. The first-order chi connectivity index (χ1) is 14.0. The van der Waals surface area contributed by atoms with Crippen molar-refractivity contribution in [3.05, 3.63) is 71.9 Å². The van der Waals surface area contributed by atoms with Gasteiger partial charge in [-0.1, -0.05) is 48.5 Å². The minimum atomic E-state index is -1.16. The van der Waals surface area contributed by atoms with Gasteiger partial charge in [-0.15, -0.1) is 0 Å². The number of aromatic nitrogens is 1. The molecule has 2 aromatic carbocycles. The lowest BCUT2D eigenvalue weighted by atomic mass is 9.92. The van der Waals surface area contributed by atoms with Gasteiger partial charge in [0.15, 0.2) is 0 Å². The maximum atomic E-state index is 12.8. The van der Waals surface area contributed by atoms with Crippen LogP contribution in [0.1, 0.15) is 18.1 Å². The minimum absolute atomic E-state index is 0.305. The van der Waals surface area contributed by atoms with Crippen molar-refractivity contribution in [2.45, 2.75) is 18.9 Å². The number of carbonyl (C=O) groups excluding carboxylic acids is 3. The highest BCUT2D eigenvalue weighted by Gasteiger charge is 2.49. The molecule has 148 valence electrons. The van der Waals surface area contributed by atoms with E-state index in [-0.39, 0.29) is 12.5 Å². The smallest absolute Gasteiger partial charge is 0.325 e. The average Bonchev–Trinajstić information content (AvgIpc) is 3.24. The molecule has 0 aliphatic carbocycles. The van der Waals surface area contributed by atoms with Crippen LogP contribution in [0.25, 0.3) is 10.9 Å². The summed E-state index contributed by atoms with van der Waals surface area (Å²) < 4.78 is 0. The van der Waals surface area contributed by atoms with Crippen LogP contribution in [-0.4, -0.2) is 40.8 Å². The first-order valence-corrected chi connectivity index (χ1v) is 9.50. The van der Waals surface area contributed by atoms with E-state index >= 15 is 0 Å². The van der Waals surface area contributed by atoms with Gasteiger partial charge < -0.3 is 15.6 Å². The van der Waals surface area contributed by atoms with Gasteiger partial charge in [-0.05, 0) is 30.5 Å². The number of rotatable bonds is 6. The van der Waals surface area contributed by atoms with E-state index in [0.717, 1.165) is 21.4 Å². The normalized spacial score (nSPS) is 18.9. The van der Waals surface area contributed by atoms with Crippen LogP contribution >= 0.6 is 0 Å². The molecule has 1 saturated heterocycles.